The average molecular weight is 174 g/mol. The van der Waals surface area contributed by atoms with E-state index in [1.165, 1.54) is 49.1 Å². The fourth-order valence-corrected chi connectivity index (χ4v) is 2.13. The van der Waals surface area contributed by atoms with Gasteiger partial charge in [0, 0.05) is 11.6 Å². The van der Waals surface area contributed by atoms with Gasteiger partial charge in [-0.15, -0.1) is 0 Å². The van der Waals surface area contributed by atoms with Gasteiger partial charge >= 0.3 is 0 Å². The molecule has 68 valence electrons. The lowest BCUT2D eigenvalue weighted by Crippen LogP contribution is -1.88. The maximum Gasteiger partial charge on any atom is 0.0929 e. The molecule has 1 aromatic rings. The van der Waals surface area contributed by atoms with Crippen molar-refractivity contribution in [1.82, 2.24) is 9.97 Å². The summed E-state index contributed by atoms with van der Waals surface area (Å²) in [5, 5.41) is 0. The van der Waals surface area contributed by atoms with Gasteiger partial charge in [0.1, 0.15) is 0 Å². The highest BCUT2D eigenvalue weighted by Crippen LogP contribution is 2.42. The Balaban J connectivity index is 1.97. The number of hydrogen-bond acceptors (Lipinski definition) is 1. The molecular formula is C11H14N2. The molecule has 1 heterocycles. The minimum Gasteiger partial charge on any atom is -0.348 e. The Hall–Kier alpha value is -1.05. The van der Waals surface area contributed by atoms with E-state index in [0.29, 0.717) is 0 Å². The smallest absolute Gasteiger partial charge is 0.0929 e. The number of H-pyrrole nitrogens is 1. The molecule has 0 aromatic carbocycles. The molecule has 1 fully saturated rings. The Labute approximate surface area is 78.1 Å². The molecule has 1 N–H and O–H groups in total. The molecule has 0 unspecified atom stereocenters. The number of imidazole rings is 1. The van der Waals surface area contributed by atoms with Crippen LogP contribution in [-0.4, -0.2) is 9.97 Å². The molecule has 0 saturated heterocycles. The molecule has 0 amide bonds. The van der Waals surface area contributed by atoms with Crippen LogP contribution in [0.4, 0.5) is 0 Å². The van der Waals surface area contributed by atoms with E-state index in [1.54, 1.807) is 0 Å². The van der Waals surface area contributed by atoms with Crippen LogP contribution in [0.25, 0.3) is 5.57 Å². The number of rotatable bonds is 2. The molecule has 0 aliphatic heterocycles. The molecule has 0 atom stereocenters. The second-order valence-corrected chi connectivity index (χ2v) is 4.06. The topological polar surface area (TPSA) is 28.7 Å². The Morgan fingerprint density at radius 2 is 2.31 bits per heavy atom. The van der Waals surface area contributed by atoms with Crippen LogP contribution in [0.1, 0.15) is 49.4 Å². The number of nitrogens with one attached hydrogen (secondary N) is 1. The van der Waals surface area contributed by atoms with Gasteiger partial charge in [-0.1, -0.05) is 6.08 Å². The van der Waals surface area contributed by atoms with Crippen molar-refractivity contribution in [2.75, 3.05) is 0 Å². The summed E-state index contributed by atoms with van der Waals surface area (Å²) in [6.45, 7) is 0. The summed E-state index contributed by atoms with van der Waals surface area (Å²) in [4.78, 5) is 7.73. The van der Waals surface area contributed by atoms with Crippen molar-refractivity contribution >= 4 is 5.57 Å². The van der Waals surface area contributed by atoms with Gasteiger partial charge in [0.25, 0.3) is 0 Å². The molecule has 2 nitrogen and oxygen atoms in total. The third-order valence-corrected chi connectivity index (χ3v) is 3.00. The van der Waals surface area contributed by atoms with Crippen LogP contribution in [0.15, 0.2) is 12.4 Å². The third kappa shape index (κ3) is 1.21. The van der Waals surface area contributed by atoms with E-state index < -0.39 is 0 Å². The average Bonchev–Trinajstić information content (AvgIpc) is 2.72. The van der Waals surface area contributed by atoms with Crippen LogP contribution in [0, 0.1) is 0 Å². The highest BCUT2D eigenvalue weighted by atomic mass is 14.9. The van der Waals surface area contributed by atoms with Crippen molar-refractivity contribution in [1.29, 1.82) is 0 Å². The van der Waals surface area contributed by atoms with E-state index in [2.05, 4.69) is 16.0 Å². The van der Waals surface area contributed by atoms with Gasteiger partial charge in [-0.05, 0) is 37.7 Å². The second kappa shape index (κ2) is 2.72. The molecular weight excluding hydrogens is 160 g/mol. The lowest BCUT2D eigenvalue weighted by Gasteiger charge is -2.00. The largest absolute Gasteiger partial charge is 0.348 e. The number of nitrogens with zero attached hydrogens (tertiary/aromatic N) is 1. The predicted octanol–water partition coefficient (Wildman–Crippen LogP) is 2.85. The van der Waals surface area contributed by atoms with E-state index in [1.807, 2.05) is 6.33 Å². The molecule has 0 bridgehead atoms. The Bertz CT molecular complexity index is 345. The van der Waals surface area contributed by atoms with Crippen molar-refractivity contribution in [3.05, 3.63) is 23.8 Å². The molecule has 1 aromatic heterocycles. The fourth-order valence-electron chi connectivity index (χ4n) is 2.13. The van der Waals surface area contributed by atoms with Gasteiger partial charge in [0.15, 0.2) is 0 Å². The summed E-state index contributed by atoms with van der Waals surface area (Å²) < 4.78 is 0. The van der Waals surface area contributed by atoms with Gasteiger partial charge < -0.3 is 4.98 Å². The standard InChI is InChI=1S/C11H14N2/c1-2-4-8(3-1)10-11(9-5-6-9)13-7-12-10/h3,7,9H,1-2,4-6H2,(H,12,13). The van der Waals surface area contributed by atoms with Crippen molar-refractivity contribution in [3.63, 3.8) is 0 Å². The first kappa shape index (κ1) is 7.36. The van der Waals surface area contributed by atoms with E-state index in [-0.39, 0.29) is 0 Å². The van der Waals surface area contributed by atoms with Gasteiger partial charge in [0.2, 0.25) is 0 Å². The number of hydrogen-bond donors (Lipinski definition) is 1. The van der Waals surface area contributed by atoms with Gasteiger partial charge in [-0.3, -0.25) is 0 Å². The highest BCUT2D eigenvalue weighted by molar-refractivity contribution is 5.66. The molecule has 2 heteroatoms. The van der Waals surface area contributed by atoms with Gasteiger partial charge in [-0.2, -0.15) is 0 Å². The quantitative estimate of drug-likeness (QED) is 0.733. The number of aromatic amines is 1. The first-order chi connectivity index (χ1) is 6.45. The minimum atomic E-state index is 0.791. The van der Waals surface area contributed by atoms with Crippen molar-refractivity contribution in [3.8, 4) is 0 Å². The maximum atomic E-state index is 4.44. The van der Waals surface area contributed by atoms with E-state index in [9.17, 15) is 0 Å². The molecule has 13 heavy (non-hydrogen) atoms. The van der Waals surface area contributed by atoms with Crippen LogP contribution in [0.2, 0.25) is 0 Å². The van der Waals surface area contributed by atoms with E-state index in [0.717, 1.165) is 5.92 Å². The summed E-state index contributed by atoms with van der Waals surface area (Å²) in [6.07, 6.45) is 10.7. The van der Waals surface area contributed by atoms with Crippen LogP contribution < -0.4 is 0 Å². The summed E-state index contributed by atoms with van der Waals surface area (Å²) in [7, 11) is 0. The zero-order valence-electron chi connectivity index (χ0n) is 7.71. The molecule has 3 rings (SSSR count). The monoisotopic (exact) mass is 174 g/mol. The molecule has 2 aliphatic rings. The molecule has 1 saturated carbocycles. The summed E-state index contributed by atoms with van der Waals surface area (Å²) in [5.74, 6) is 0.791. The van der Waals surface area contributed by atoms with E-state index in [4.69, 9.17) is 0 Å². The SMILES string of the molecule is C1=C(c2nc[nH]c2C2CC2)CCC1. The fraction of sp³-hybridized carbons (Fsp3) is 0.545. The van der Waals surface area contributed by atoms with Gasteiger partial charge in [-0.25, -0.2) is 4.98 Å². The van der Waals surface area contributed by atoms with Crippen LogP contribution in [-0.2, 0) is 0 Å². The summed E-state index contributed by atoms with van der Waals surface area (Å²) in [5.41, 5.74) is 4.14. The zero-order chi connectivity index (χ0) is 8.67. The Kier molecular flexibility index (Phi) is 1.54. The minimum absolute atomic E-state index is 0.791. The van der Waals surface area contributed by atoms with Crippen molar-refractivity contribution < 1.29 is 0 Å². The highest BCUT2D eigenvalue weighted by Gasteiger charge is 2.29. The van der Waals surface area contributed by atoms with Crippen LogP contribution in [0.5, 0.6) is 0 Å². The van der Waals surface area contributed by atoms with Crippen molar-refractivity contribution in [2.24, 2.45) is 0 Å². The zero-order valence-corrected chi connectivity index (χ0v) is 7.71. The molecule has 0 radical (unpaired) electrons. The Morgan fingerprint density at radius 3 is 3.00 bits per heavy atom. The number of aromatic nitrogens is 2. The predicted molar refractivity (Wildman–Crippen MR) is 52.4 cm³/mol. The van der Waals surface area contributed by atoms with Gasteiger partial charge in [0.05, 0.1) is 12.0 Å². The second-order valence-electron chi connectivity index (χ2n) is 4.06. The first-order valence-electron chi connectivity index (χ1n) is 5.18. The summed E-state index contributed by atoms with van der Waals surface area (Å²) >= 11 is 0. The lowest BCUT2D eigenvalue weighted by molar-refractivity contribution is 0.930. The molecule has 0 spiro atoms. The maximum absolute atomic E-state index is 4.44. The Morgan fingerprint density at radius 1 is 1.38 bits per heavy atom. The first-order valence-corrected chi connectivity index (χ1v) is 5.18. The van der Waals surface area contributed by atoms with Crippen LogP contribution >= 0.6 is 0 Å². The lowest BCUT2D eigenvalue weighted by atomic mass is 10.1. The van der Waals surface area contributed by atoms with Crippen LogP contribution in [0.3, 0.4) is 0 Å². The summed E-state index contributed by atoms with van der Waals surface area (Å²) in [6, 6.07) is 0. The number of allylic oxidation sites excluding steroid dienone is 2. The van der Waals surface area contributed by atoms with E-state index >= 15 is 0 Å². The third-order valence-electron chi connectivity index (χ3n) is 3.00. The van der Waals surface area contributed by atoms with Crippen molar-refractivity contribution in [2.45, 2.75) is 38.0 Å². The normalized spacial score (nSPS) is 22.0. The molecule has 2 aliphatic carbocycles.